The fourth-order valence-corrected chi connectivity index (χ4v) is 2.29. The molecule has 1 amide bonds. The van der Waals surface area contributed by atoms with Crippen molar-refractivity contribution >= 4 is 5.91 Å². The molecule has 1 aromatic rings. The molecule has 1 aliphatic rings. The van der Waals surface area contributed by atoms with E-state index in [-0.39, 0.29) is 18.5 Å². The van der Waals surface area contributed by atoms with Gasteiger partial charge in [0.25, 0.3) is 0 Å². The Morgan fingerprint density at radius 2 is 1.82 bits per heavy atom. The number of alkyl halides is 3. The van der Waals surface area contributed by atoms with Crippen LogP contribution in [0.4, 0.5) is 13.2 Å². The van der Waals surface area contributed by atoms with Gasteiger partial charge in [-0.1, -0.05) is 30.3 Å². The largest absolute Gasteiger partial charge is 0.407 e. The zero-order chi connectivity index (χ0) is 12.7. The Labute approximate surface area is 97.0 Å². The van der Waals surface area contributed by atoms with Gasteiger partial charge in [0.1, 0.15) is 0 Å². The van der Waals surface area contributed by atoms with Crippen molar-refractivity contribution in [2.24, 2.45) is 0 Å². The van der Waals surface area contributed by atoms with E-state index in [9.17, 15) is 18.0 Å². The molecule has 2 nitrogen and oxygen atoms in total. The van der Waals surface area contributed by atoms with E-state index < -0.39 is 17.5 Å². The van der Waals surface area contributed by atoms with E-state index in [4.69, 9.17) is 0 Å². The second kappa shape index (κ2) is 3.75. The fourth-order valence-electron chi connectivity index (χ4n) is 2.29. The lowest BCUT2D eigenvalue weighted by atomic mass is 9.78. The molecule has 1 heterocycles. The monoisotopic (exact) mass is 243 g/mol. The molecule has 17 heavy (non-hydrogen) atoms. The summed E-state index contributed by atoms with van der Waals surface area (Å²) in [5, 5.41) is 0. The molecule has 1 saturated heterocycles. The minimum absolute atomic E-state index is 0.0295. The molecule has 0 saturated carbocycles. The number of nitrogens with zero attached hydrogens (tertiary/aromatic N) is 1. The summed E-state index contributed by atoms with van der Waals surface area (Å²) in [6.45, 7) is 0.132. The average molecular weight is 243 g/mol. The third-order valence-electron chi connectivity index (χ3n) is 3.28. The highest BCUT2D eigenvalue weighted by Gasteiger charge is 2.64. The maximum Gasteiger partial charge on any atom is 0.407 e. The van der Waals surface area contributed by atoms with Crippen molar-refractivity contribution in [1.82, 2.24) is 4.90 Å². The first-order valence-electron chi connectivity index (χ1n) is 5.27. The lowest BCUT2D eigenvalue weighted by Crippen LogP contribution is -2.48. The second-order valence-corrected chi connectivity index (χ2v) is 4.25. The van der Waals surface area contributed by atoms with E-state index in [1.807, 2.05) is 0 Å². The van der Waals surface area contributed by atoms with Crippen molar-refractivity contribution in [2.75, 3.05) is 13.6 Å². The number of carbonyl (C=O) groups excluding carboxylic acids is 1. The summed E-state index contributed by atoms with van der Waals surface area (Å²) >= 11 is 0. The molecule has 1 aliphatic heterocycles. The summed E-state index contributed by atoms with van der Waals surface area (Å²) in [6, 6.07) is 7.41. The molecule has 1 aromatic carbocycles. The Morgan fingerprint density at radius 1 is 1.24 bits per heavy atom. The van der Waals surface area contributed by atoms with E-state index in [1.54, 1.807) is 6.07 Å². The Morgan fingerprint density at radius 3 is 2.24 bits per heavy atom. The molecular weight excluding hydrogens is 231 g/mol. The number of halogens is 3. The predicted molar refractivity (Wildman–Crippen MR) is 56.4 cm³/mol. The third kappa shape index (κ3) is 1.61. The number of hydrogen-bond donors (Lipinski definition) is 0. The van der Waals surface area contributed by atoms with Crippen LogP contribution < -0.4 is 0 Å². The molecule has 0 radical (unpaired) electrons. The van der Waals surface area contributed by atoms with Gasteiger partial charge in [-0.25, -0.2) is 0 Å². The minimum atomic E-state index is -4.56. The van der Waals surface area contributed by atoms with Crippen LogP contribution in [0.25, 0.3) is 0 Å². The van der Waals surface area contributed by atoms with Gasteiger partial charge in [-0.3, -0.25) is 4.79 Å². The first kappa shape index (κ1) is 12.0. The standard InChI is InChI=1S/C12H12F3NO/c1-16-8-7-11(10(16)17,12(13,14)15)9-5-3-2-4-6-9/h2-6H,7-8H2,1H3. The first-order chi connectivity index (χ1) is 7.89. The van der Waals surface area contributed by atoms with Gasteiger partial charge in [-0.15, -0.1) is 0 Å². The van der Waals surface area contributed by atoms with Crippen LogP contribution in [0.5, 0.6) is 0 Å². The maximum atomic E-state index is 13.3. The Bertz CT molecular complexity index is 429. The van der Waals surface area contributed by atoms with Crippen LogP contribution in [0.15, 0.2) is 30.3 Å². The number of likely N-dealkylation sites (N-methyl/N-ethyl adjacent to an activating group) is 1. The van der Waals surface area contributed by atoms with Crippen LogP contribution in [-0.2, 0) is 10.2 Å². The highest BCUT2D eigenvalue weighted by molar-refractivity contribution is 5.91. The molecule has 2 rings (SSSR count). The molecule has 1 atom stereocenters. The molecule has 0 bridgehead atoms. The maximum absolute atomic E-state index is 13.3. The first-order valence-corrected chi connectivity index (χ1v) is 5.27. The molecule has 92 valence electrons. The van der Waals surface area contributed by atoms with E-state index in [2.05, 4.69) is 0 Å². The number of hydrogen-bond acceptors (Lipinski definition) is 1. The minimum Gasteiger partial charge on any atom is -0.345 e. The van der Waals surface area contributed by atoms with Gasteiger partial charge in [-0.05, 0) is 12.0 Å². The van der Waals surface area contributed by atoms with Crippen molar-refractivity contribution in [3.63, 3.8) is 0 Å². The Hall–Kier alpha value is -1.52. The Balaban J connectivity index is 2.58. The molecule has 0 spiro atoms. The van der Waals surface area contributed by atoms with E-state index in [0.29, 0.717) is 0 Å². The summed E-state index contributed by atoms with van der Waals surface area (Å²) in [7, 11) is 1.40. The number of carbonyl (C=O) groups is 1. The molecule has 1 unspecified atom stereocenters. The molecule has 5 heteroatoms. The van der Waals surface area contributed by atoms with Crippen molar-refractivity contribution in [2.45, 2.75) is 18.0 Å². The van der Waals surface area contributed by atoms with Crippen LogP contribution in [0, 0.1) is 0 Å². The van der Waals surface area contributed by atoms with Crippen LogP contribution in [0.3, 0.4) is 0 Å². The smallest absolute Gasteiger partial charge is 0.345 e. The van der Waals surface area contributed by atoms with Crippen molar-refractivity contribution < 1.29 is 18.0 Å². The molecule has 1 fully saturated rings. The average Bonchev–Trinajstić information content (AvgIpc) is 2.58. The second-order valence-electron chi connectivity index (χ2n) is 4.25. The highest BCUT2D eigenvalue weighted by atomic mass is 19.4. The molecule has 0 aromatic heterocycles. The lowest BCUT2D eigenvalue weighted by Gasteiger charge is -2.30. The molecule has 0 aliphatic carbocycles. The number of likely N-dealkylation sites (tertiary alicyclic amines) is 1. The van der Waals surface area contributed by atoms with Crippen LogP contribution in [0.2, 0.25) is 0 Å². The number of amides is 1. The quantitative estimate of drug-likeness (QED) is 0.741. The van der Waals surface area contributed by atoms with Crippen molar-refractivity contribution in [3.05, 3.63) is 35.9 Å². The number of benzene rings is 1. The van der Waals surface area contributed by atoms with Crippen molar-refractivity contribution in [3.8, 4) is 0 Å². The van der Waals surface area contributed by atoms with Gasteiger partial charge in [0, 0.05) is 13.6 Å². The summed E-state index contributed by atoms with van der Waals surface area (Å²) in [5.74, 6) is -0.865. The number of rotatable bonds is 1. The fraction of sp³-hybridized carbons (Fsp3) is 0.417. The third-order valence-corrected chi connectivity index (χ3v) is 3.28. The summed E-state index contributed by atoms with van der Waals surface area (Å²) < 4.78 is 39.8. The highest BCUT2D eigenvalue weighted by Crippen LogP contribution is 2.47. The van der Waals surface area contributed by atoms with Gasteiger partial charge in [-0.2, -0.15) is 13.2 Å². The summed E-state index contributed by atoms with van der Waals surface area (Å²) in [6.07, 6.45) is -4.77. The summed E-state index contributed by atoms with van der Waals surface area (Å²) in [5.41, 5.74) is -2.33. The summed E-state index contributed by atoms with van der Waals surface area (Å²) in [4.78, 5) is 13.0. The van der Waals surface area contributed by atoms with Crippen LogP contribution in [-0.4, -0.2) is 30.6 Å². The van der Waals surface area contributed by atoms with Gasteiger partial charge in [0.05, 0.1) is 0 Å². The predicted octanol–water partition coefficient (Wildman–Crippen LogP) is 2.35. The van der Waals surface area contributed by atoms with Gasteiger partial charge in [0.15, 0.2) is 5.41 Å². The van der Waals surface area contributed by atoms with E-state index in [0.717, 1.165) is 4.90 Å². The van der Waals surface area contributed by atoms with Crippen LogP contribution in [0.1, 0.15) is 12.0 Å². The van der Waals surface area contributed by atoms with E-state index >= 15 is 0 Å². The zero-order valence-corrected chi connectivity index (χ0v) is 9.29. The SMILES string of the molecule is CN1CCC(c2ccccc2)(C(F)(F)F)C1=O. The molecular formula is C12H12F3NO. The van der Waals surface area contributed by atoms with Gasteiger partial charge in [0.2, 0.25) is 5.91 Å². The normalized spacial score (nSPS) is 25.4. The van der Waals surface area contributed by atoms with E-state index in [1.165, 1.54) is 31.3 Å². The zero-order valence-electron chi connectivity index (χ0n) is 9.29. The molecule has 0 N–H and O–H groups in total. The van der Waals surface area contributed by atoms with Crippen molar-refractivity contribution in [1.29, 1.82) is 0 Å². The lowest BCUT2D eigenvalue weighted by molar-refractivity contribution is -0.193. The van der Waals surface area contributed by atoms with Gasteiger partial charge >= 0.3 is 6.18 Å². The van der Waals surface area contributed by atoms with Gasteiger partial charge < -0.3 is 4.90 Å². The topological polar surface area (TPSA) is 20.3 Å². The Kier molecular flexibility index (Phi) is 2.64. The van der Waals surface area contributed by atoms with Crippen LogP contribution >= 0.6 is 0 Å².